The van der Waals surface area contributed by atoms with Crippen LogP contribution in [0.25, 0.3) is 0 Å². The highest BCUT2D eigenvalue weighted by Gasteiger charge is 2.43. The van der Waals surface area contributed by atoms with Gasteiger partial charge in [0.2, 0.25) is 11.8 Å². The first kappa shape index (κ1) is 18.8. The summed E-state index contributed by atoms with van der Waals surface area (Å²) >= 11 is 0. The second-order valence-corrected chi connectivity index (χ2v) is 6.85. The third-order valence-corrected chi connectivity index (χ3v) is 4.96. The fourth-order valence-corrected chi connectivity index (χ4v) is 3.27. The SMILES string of the molecule is COc1ccc(C2CC2C(=O)Nc2ccc(Oc3ccccc3OC)nc2)cc1. The van der Waals surface area contributed by atoms with Gasteiger partial charge in [-0.15, -0.1) is 0 Å². The van der Waals surface area contributed by atoms with E-state index >= 15 is 0 Å². The van der Waals surface area contributed by atoms with Crippen LogP contribution in [0.2, 0.25) is 0 Å². The molecule has 1 saturated carbocycles. The third kappa shape index (κ3) is 4.32. The summed E-state index contributed by atoms with van der Waals surface area (Å²) in [6.07, 6.45) is 2.44. The van der Waals surface area contributed by atoms with Crippen LogP contribution in [-0.4, -0.2) is 25.1 Å². The van der Waals surface area contributed by atoms with Gasteiger partial charge in [0, 0.05) is 12.0 Å². The summed E-state index contributed by atoms with van der Waals surface area (Å²) in [5, 5.41) is 2.93. The van der Waals surface area contributed by atoms with Gasteiger partial charge in [-0.1, -0.05) is 24.3 Å². The first-order valence-corrected chi connectivity index (χ1v) is 9.39. The van der Waals surface area contributed by atoms with Gasteiger partial charge in [0.15, 0.2) is 11.5 Å². The predicted molar refractivity (Wildman–Crippen MR) is 110 cm³/mol. The standard InChI is InChI=1S/C23H22N2O4/c1-27-17-10-7-15(8-11-17)18-13-19(18)23(26)25-16-9-12-22(24-14-16)29-21-6-4-3-5-20(21)28-2/h3-12,14,18-19H,13H2,1-2H3,(H,25,26). The summed E-state index contributed by atoms with van der Waals surface area (Å²) in [5.74, 6) is 2.69. The van der Waals surface area contributed by atoms with Crippen molar-refractivity contribution in [2.45, 2.75) is 12.3 Å². The topological polar surface area (TPSA) is 69.7 Å². The summed E-state index contributed by atoms with van der Waals surface area (Å²) in [5.41, 5.74) is 1.80. The van der Waals surface area contributed by atoms with E-state index in [1.807, 2.05) is 48.5 Å². The van der Waals surface area contributed by atoms with Crippen molar-refractivity contribution in [2.24, 2.45) is 5.92 Å². The summed E-state index contributed by atoms with van der Waals surface area (Å²) in [6, 6.07) is 18.7. The molecule has 1 aliphatic carbocycles. The lowest BCUT2D eigenvalue weighted by Crippen LogP contribution is -2.14. The number of nitrogens with one attached hydrogen (secondary N) is 1. The Hall–Kier alpha value is -3.54. The molecule has 1 amide bonds. The van der Waals surface area contributed by atoms with Gasteiger partial charge in [-0.2, -0.15) is 0 Å². The van der Waals surface area contributed by atoms with Gasteiger partial charge in [0.05, 0.1) is 26.1 Å². The van der Waals surface area contributed by atoms with Crippen LogP contribution in [0.5, 0.6) is 23.1 Å². The number of carbonyl (C=O) groups is 1. The molecule has 0 saturated heterocycles. The maximum atomic E-state index is 12.5. The minimum atomic E-state index is -0.0205. The zero-order valence-corrected chi connectivity index (χ0v) is 16.3. The van der Waals surface area contributed by atoms with Crippen LogP contribution in [-0.2, 0) is 4.79 Å². The van der Waals surface area contributed by atoms with E-state index in [0.717, 1.165) is 17.7 Å². The molecule has 1 aromatic heterocycles. The molecule has 0 spiro atoms. The predicted octanol–water partition coefficient (Wildman–Crippen LogP) is 4.63. The lowest BCUT2D eigenvalue weighted by molar-refractivity contribution is -0.117. The number of pyridine rings is 1. The number of hydrogen-bond acceptors (Lipinski definition) is 5. The van der Waals surface area contributed by atoms with Crippen LogP contribution < -0.4 is 19.5 Å². The Morgan fingerprint density at radius 1 is 0.966 bits per heavy atom. The third-order valence-electron chi connectivity index (χ3n) is 4.96. The number of carbonyl (C=O) groups excluding carboxylic acids is 1. The van der Waals surface area contributed by atoms with Crippen LogP contribution in [0.4, 0.5) is 5.69 Å². The molecular weight excluding hydrogens is 368 g/mol. The number of para-hydroxylation sites is 2. The highest BCUT2D eigenvalue weighted by atomic mass is 16.5. The zero-order valence-electron chi connectivity index (χ0n) is 16.3. The van der Waals surface area contributed by atoms with Crippen molar-refractivity contribution >= 4 is 11.6 Å². The zero-order chi connectivity index (χ0) is 20.2. The van der Waals surface area contributed by atoms with Gasteiger partial charge in [-0.05, 0) is 48.2 Å². The molecule has 6 nitrogen and oxygen atoms in total. The molecule has 2 atom stereocenters. The molecule has 0 aliphatic heterocycles. The second-order valence-electron chi connectivity index (χ2n) is 6.85. The van der Waals surface area contributed by atoms with E-state index in [4.69, 9.17) is 14.2 Å². The van der Waals surface area contributed by atoms with Crippen molar-refractivity contribution in [3.8, 4) is 23.1 Å². The second kappa shape index (κ2) is 8.22. The van der Waals surface area contributed by atoms with Crippen LogP contribution in [0.3, 0.4) is 0 Å². The Kier molecular flexibility index (Phi) is 5.33. The molecule has 0 bridgehead atoms. The number of methoxy groups -OCH3 is 2. The number of hydrogen-bond donors (Lipinski definition) is 1. The quantitative estimate of drug-likeness (QED) is 0.637. The molecule has 1 N–H and O–H groups in total. The van der Waals surface area contributed by atoms with Gasteiger partial charge in [-0.25, -0.2) is 4.98 Å². The van der Waals surface area contributed by atoms with E-state index in [9.17, 15) is 4.79 Å². The number of rotatable bonds is 7. The fourth-order valence-electron chi connectivity index (χ4n) is 3.27. The highest BCUT2D eigenvalue weighted by molar-refractivity contribution is 5.95. The average Bonchev–Trinajstić information content (AvgIpc) is 3.57. The van der Waals surface area contributed by atoms with Gasteiger partial charge >= 0.3 is 0 Å². The van der Waals surface area contributed by atoms with Gasteiger partial charge in [-0.3, -0.25) is 4.79 Å². The van der Waals surface area contributed by atoms with Crippen LogP contribution in [0.1, 0.15) is 17.9 Å². The lowest BCUT2D eigenvalue weighted by Gasteiger charge is -2.10. The number of benzene rings is 2. The molecule has 6 heteroatoms. The average molecular weight is 390 g/mol. The number of anilines is 1. The van der Waals surface area contributed by atoms with E-state index in [2.05, 4.69) is 10.3 Å². The molecule has 2 unspecified atom stereocenters. The fraction of sp³-hybridized carbons (Fsp3) is 0.217. The maximum absolute atomic E-state index is 12.5. The van der Waals surface area contributed by atoms with Gasteiger partial charge in [0.25, 0.3) is 0 Å². The van der Waals surface area contributed by atoms with Crippen LogP contribution >= 0.6 is 0 Å². The number of amides is 1. The lowest BCUT2D eigenvalue weighted by atomic mass is 10.1. The van der Waals surface area contributed by atoms with Crippen molar-refractivity contribution in [2.75, 3.05) is 19.5 Å². The smallest absolute Gasteiger partial charge is 0.228 e. The minimum Gasteiger partial charge on any atom is -0.497 e. The summed E-state index contributed by atoms with van der Waals surface area (Å²) in [4.78, 5) is 16.8. The number of aromatic nitrogens is 1. The monoisotopic (exact) mass is 390 g/mol. The molecule has 1 fully saturated rings. The van der Waals surface area contributed by atoms with E-state index < -0.39 is 0 Å². The Morgan fingerprint density at radius 2 is 1.72 bits per heavy atom. The van der Waals surface area contributed by atoms with E-state index in [1.165, 1.54) is 0 Å². The highest BCUT2D eigenvalue weighted by Crippen LogP contribution is 2.48. The normalized spacial score (nSPS) is 17.3. The Bertz CT molecular complexity index is 987. The van der Waals surface area contributed by atoms with Crippen molar-refractivity contribution in [1.29, 1.82) is 0 Å². The number of nitrogens with zero attached hydrogens (tertiary/aromatic N) is 1. The van der Waals surface area contributed by atoms with Crippen LogP contribution in [0.15, 0.2) is 66.9 Å². The molecule has 148 valence electrons. The molecule has 3 aromatic rings. The summed E-state index contributed by atoms with van der Waals surface area (Å²) in [7, 11) is 3.23. The maximum Gasteiger partial charge on any atom is 0.228 e. The van der Waals surface area contributed by atoms with Gasteiger partial charge in [0.1, 0.15) is 5.75 Å². The van der Waals surface area contributed by atoms with Crippen molar-refractivity contribution in [3.05, 3.63) is 72.4 Å². The molecule has 2 aromatic carbocycles. The number of ether oxygens (including phenoxy) is 3. The molecule has 1 heterocycles. The Labute approximate surface area is 169 Å². The minimum absolute atomic E-state index is 0.00557. The molecule has 0 radical (unpaired) electrons. The summed E-state index contributed by atoms with van der Waals surface area (Å²) in [6.45, 7) is 0. The Balaban J connectivity index is 1.34. The first-order valence-electron chi connectivity index (χ1n) is 9.39. The molecular formula is C23H22N2O4. The van der Waals surface area contributed by atoms with Crippen LogP contribution in [0, 0.1) is 5.92 Å². The van der Waals surface area contributed by atoms with Crippen molar-refractivity contribution < 1.29 is 19.0 Å². The first-order chi connectivity index (χ1) is 14.2. The van der Waals surface area contributed by atoms with E-state index in [1.54, 1.807) is 32.5 Å². The van der Waals surface area contributed by atoms with Gasteiger partial charge < -0.3 is 19.5 Å². The molecule has 29 heavy (non-hydrogen) atoms. The van der Waals surface area contributed by atoms with Crippen molar-refractivity contribution in [1.82, 2.24) is 4.98 Å². The molecule has 4 rings (SSSR count). The molecule has 1 aliphatic rings. The van der Waals surface area contributed by atoms with Crippen molar-refractivity contribution in [3.63, 3.8) is 0 Å². The largest absolute Gasteiger partial charge is 0.497 e. The van der Waals surface area contributed by atoms with E-state index in [-0.39, 0.29) is 17.7 Å². The van der Waals surface area contributed by atoms with E-state index in [0.29, 0.717) is 23.1 Å². The summed E-state index contributed by atoms with van der Waals surface area (Å²) < 4.78 is 16.2. The Morgan fingerprint density at radius 3 is 2.38 bits per heavy atom.